The van der Waals surface area contributed by atoms with E-state index in [1.165, 1.54) is 34.3 Å². The first-order chi connectivity index (χ1) is 14.3. The number of hydrogen-bond acceptors (Lipinski definition) is 9. The van der Waals surface area contributed by atoms with E-state index < -0.39 is 17.7 Å². The molecule has 0 aliphatic carbocycles. The number of amides is 1. The van der Waals surface area contributed by atoms with E-state index >= 15 is 0 Å². The van der Waals surface area contributed by atoms with E-state index in [4.69, 9.17) is 31.2 Å². The molecule has 0 N–H and O–H groups in total. The van der Waals surface area contributed by atoms with Crippen molar-refractivity contribution in [3.63, 3.8) is 0 Å². The lowest BCUT2D eigenvalue weighted by Gasteiger charge is -2.14. The molecule has 1 saturated heterocycles. The first-order valence-corrected chi connectivity index (χ1v) is 9.75. The first-order valence-electron chi connectivity index (χ1n) is 8.52. The molecule has 2 aliphatic rings. The van der Waals surface area contributed by atoms with Gasteiger partial charge in [-0.1, -0.05) is 24.0 Å². The highest BCUT2D eigenvalue weighted by Crippen LogP contribution is 2.40. The maximum atomic E-state index is 12.8. The Labute approximate surface area is 182 Å². The Balaban J connectivity index is 1.95. The molecule has 2 aliphatic heterocycles. The number of carbonyl (C=O) groups excluding carboxylic acids is 3. The molecule has 10 heteroatoms. The number of rotatable bonds is 5. The molecule has 3 rings (SSSR count). The van der Waals surface area contributed by atoms with Crippen LogP contribution in [0.15, 0.2) is 40.6 Å². The third-order valence-corrected chi connectivity index (χ3v) is 5.47. The lowest BCUT2D eigenvalue weighted by atomic mass is 10.1. The largest absolute Gasteiger partial charge is 0.493 e. The molecule has 0 saturated carbocycles. The van der Waals surface area contributed by atoms with Crippen LogP contribution in [0.3, 0.4) is 0 Å². The standard InChI is InChI=1S/C20H17NO7S2/c1-10-5-13(22)12(19(24)28-10)9-21-18(23)16(30-20(21)29)8-11-6-14(25-2)17(27-4)15(7-11)26-3/h5-9H,1-4H3/b12-9-,16-8+. The smallest absolute Gasteiger partial charge is 0.348 e. The van der Waals surface area contributed by atoms with Gasteiger partial charge in [0.25, 0.3) is 5.91 Å². The number of hydrogen-bond donors (Lipinski definition) is 0. The lowest BCUT2D eigenvalue weighted by molar-refractivity contribution is -0.137. The summed E-state index contributed by atoms with van der Waals surface area (Å²) >= 11 is 6.29. The molecule has 0 aromatic heterocycles. The van der Waals surface area contributed by atoms with Gasteiger partial charge in [-0.15, -0.1) is 0 Å². The van der Waals surface area contributed by atoms with Gasteiger partial charge in [0.05, 0.1) is 26.2 Å². The summed E-state index contributed by atoms with van der Waals surface area (Å²) in [7, 11) is 4.47. The van der Waals surface area contributed by atoms with E-state index in [-0.39, 0.29) is 15.7 Å². The van der Waals surface area contributed by atoms with Gasteiger partial charge in [-0.05, 0) is 30.7 Å². The van der Waals surface area contributed by atoms with Gasteiger partial charge < -0.3 is 18.9 Å². The van der Waals surface area contributed by atoms with Crippen molar-refractivity contribution in [1.29, 1.82) is 0 Å². The number of cyclic esters (lactones) is 1. The minimum atomic E-state index is -0.831. The quantitative estimate of drug-likeness (QED) is 0.292. The summed E-state index contributed by atoms with van der Waals surface area (Å²) in [6.45, 7) is 1.49. The third kappa shape index (κ3) is 4.10. The third-order valence-electron chi connectivity index (χ3n) is 4.14. The maximum absolute atomic E-state index is 12.8. The molecule has 2 heterocycles. The zero-order valence-electron chi connectivity index (χ0n) is 16.5. The number of thioether (sulfide) groups is 1. The molecule has 0 atom stereocenters. The predicted molar refractivity (Wildman–Crippen MR) is 114 cm³/mol. The lowest BCUT2D eigenvalue weighted by Crippen LogP contribution is -2.27. The summed E-state index contributed by atoms with van der Waals surface area (Å²) in [5.74, 6) is -0.383. The Morgan fingerprint density at radius 3 is 2.23 bits per heavy atom. The van der Waals surface area contributed by atoms with Crippen LogP contribution in [0.4, 0.5) is 0 Å². The van der Waals surface area contributed by atoms with Crippen LogP contribution in [0, 0.1) is 0 Å². The SMILES string of the molecule is COc1cc(/C=C2/SC(=S)N(/C=C3/C(=O)C=C(C)OC3=O)C2=O)cc(OC)c1OC. The normalized spacial score (nSPS) is 19.3. The zero-order valence-corrected chi connectivity index (χ0v) is 18.1. The summed E-state index contributed by atoms with van der Waals surface area (Å²) < 4.78 is 21.0. The second-order valence-corrected chi connectivity index (χ2v) is 7.74. The minimum absolute atomic E-state index is 0.179. The van der Waals surface area contributed by atoms with Crippen molar-refractivity contribution in [3.05, 3.63) is 46.2 Å². The van der Waals surface area contributed by atoms with Crippen molar-refractivity contribution < 1.29 is 33.3 Å². The average molecular weight is 447 g/mol. The fourth-order valence-electron chi connectivity index (χ4n) is 2.77. The van der Waals surface area contributed by atoms with E-state index in [9.17, 15) is 14.4 Å². The Hall–Kier alpha value is -3.11. The molecular weight excluding hydrogens is 430 g/mol. The second-order valence-electron chi connectivity index (χ2n) is 6.06. The van der Waals surface area contributed by atoms with Crippen molar-refractivity contribution >= 4 is 52.0 Å². The van der Waals surface area contributed by atoms with Gasteiger partial charge in [-0.3, -0.25) is 14.5 Å². The van der Waals surface area contributed by atoms with E-state index in [1.54, 1.807) is 18.2 Å². The fraction of sp³-hybridized carbons (Fsp3) is 0.200. The van der Waals surface area contributed by atoms with Gasteiger partial charge in [-0.2, -0.15) is 0 Å². The summed E-state index contributed by atoms with van der Waals surface area (Å²) in [5, 5.41) is 0. The number of carbonyl (C=O) groups is 3. The molecule has 0 radical (unpaired) electrons. The van der Waals surface area contributed by atoms with Crippen LogP contribution >= 0.6 is 24.0 Å². The van der Waals surface area contributed by atoms with Gasteiger partial charge in [0.15, 0.2) is 21.6 Å². The van der Waals surface area contributed by atoms with E-state index in [1.807, 2.05) is 0 Å². The Bertz CT molecular complexity index is 1030. The van der Waals surface area contributed by atoms with Crippen LogP contribution < -0.4 is 14.2 Å². The first kappa shape index (κ1) is 21.6. The van der Waals surface area contributed by atoms with Crippen LogP contribution in [0.5, 0.6) is 17.2 Å². The Kier molecular flexibility index (Phi) is 6.28. The molecule has 1 amide bonds. The van der Waals surface area contributed by atoms with Crippen molar-refractivity contribution in [3.8, 4) is 17.2 Å². The van der Waals surface area contributed by atoms with E-state index in [0.29, 0.717) is 27.7 Å². The summed E-state index contributed by atoms with van der Waals surface area (Å²) in [5.41, 5.74) is 0.343. The number of nitrogens with zero attached hydrogens (tertiary/aromatic N) is 1. The summed E-state index contributed by atoms with van der Waals surface area (Å²) in [6, 6.07) is 3.37. The highest BCUT2D eigenvalue weighted by Gasteiger charge is 2.34. The van der Waals surface area contributed by atoms with Gasteiger partial charge in [0.2, 0.25) is 5.75 Å². The number of ketones is 1. The molecule has 0 spiro atoms. The van der Waals surface area contributed by atoms with Crippen LogP contribution in [-0.2, 0) is 19.1 Å². The number of allylic oxidation sites excluding steroid dienone is 2. The Morgan fingerprint density at radius 1 is 1.07 bits per heavy atom. The van der Waals surface area contributed by atoms with Gasteiger partial charge >= 0.3 is 5.97 Å². The predicted octanol–water partition coefficient (Wildman–Crippen LogP) is 2.83. The molecule has 156 valence electrons. The van der Waals surface area contributed by atoms with Crippen molar-refractivity contribution in [2.75, 3.05) is 21.3 Å². The fourth-order valence-corrected chi connectivity index (χ4v) is 3.97. The van der Waals surface area contributed by atoms with Crippen LogP contribution in [-0.4, -0.2) is 48.2 Å². The van der Waals surface area contributed by atoms with Crippen LogP contribution in [0.2, 0.25) is 0 Å². The molecule has 8 nitrogen and oxygen atoms in total. The van der Waals surface area contributed by atoms with Gasteiger partial charge in [0, 0.05) is 12.3 Å². The maximum Gasteiger partial charge on any atom is 0.348 e. The number of methoxy groups -OCH3 is 3. The van der Waals surface area contributed by atoms with Crippen LogP contribution in [0.25, 0.3) is 6.08 Å². The second kappa shape index (κ2) is 8.72. The van der Waals surface area contributed by atoms with E-state index in [2.05, 4.69) is 0 Å². The minimum Gasteiger partial charge on any atom is -0.493 e. The summed E-state index contributed by atoms with van der Waals surface area (Å²) in [4.78, 5) is 38.3. The van der Waals surface area contributed by atoms with Crippen molar-refractivity contribution in [2.24, 2.45) is 0 Å². The average Bonchev–Trinajstić information content (AvgIpc) is 2.96. The molecule has 1 fully saturated rings. The molecule has 0 bridgehead atoms. The highest BCUT2D eigenvalue weighted by atomic mass is 32.2. The zero-order chi connectivity index (χ0) is 22.0. The van der Waals surface area contributed by atoms with Crippen LogP contribution in [0.1, 0.15) is 12.5 Å². The van der Waals surface area contributed by atoms with Gasteiger partial charge in [0.1, 0.15) is 11.3 Å². The number of ether oxygens (including phenoxy) is 4. The summed E-state index contributed by atoms with van der Waals surface area (Å²) in [6.07, 6.45) is 3.89. The number of esters is 1. The molecule has 0 unspecified atom stereocenters. The molecular formula is C20H17NO7S2. The van der Waals surface area contributed by atoms with Crippen molar-refractivity contribution in [2.45, 2.75) is 6.92 Å². The van der Waals surface area contributed by atoms with E-state index in [0.717, 1.165) is 22.9 Å². The topological polar surface area (TPSA) is 91.4 Å². The highest BCUT2D eigenvalue weighted by molar-refractivity contribution is 8.26. The number of thiocarbonyl (C=S) groups is 1. The number of benzene rings is 1. The molecule has 1 aromatic carbocycles. The Morgan fingerprint density at radius 2 is 1.70 bits per heavy atom. The molecule has 30 heavy (non-hydrogen) atoms. The molecule has 1 aromatic rings. The van der Waals surface area contributed by atoms with Crippen molar-refractivity contribution in [1.82, 2.24) is 4.90 Å². The van der Waals surface area contributed by atoms with Gasteiger partial charge in [-0.25, -0.2) is 4.79 Å². The monoisotopic (exact) mass is 447 g/mol.